The van der Waals surface area contributed by atoms with Gasteiger partial charge in [0.05, 0.1) is 0 Å². The van der Waals surface area contributed by atoms with E-state index in [2.05, 4.69) is 6.92 Å². The zero-order valence-electron chi connectivity index (χ0n) is 8.01. The van der Waals surface area contributed by atoms with E-state index in [1.807, 2.05) is 0 Å². The molecule has 2 heteroatoms. The fourth-order valence-electron chi connectivity index (χ4n) is 17.5. The molecule has 1 spiro atoms. The Balaban J connectivity index is 1.94. The van der Waals surface area contributed by atoms with Crippen molar-refractivity contribution in [3.8, 4) is 0 Å². The molecule has 0 amide bonds. The predicted octanol–water partition coefficient (Wildman–Crippen LogP) is 4.37. The van der Waals surface area contributed by atoms with Gasteiger partial charge in [0.1, 0.15) is 0 Å². The van der Waals surface area contributed by atoms with Crippen LogP contribution in [0.4, 0.5) is 0 Å². The molecule has 0 bridgehead atoms. The average molecular weight is 249 g/mol. The van der Waals surface area contributed by atoms with Crippen LogP contribution in [0.15, 0.2) is 0 Å². The molecule has 0 aliphatic carbocycles. The molecule has 10 aliphatic rings. The van der Waals surface area contributed by atoms with Crippen molar-refractivity contribution in [3.63, 3.8) is 0 Å². The predicted molar refractivity (Wildman–Crippen MR) is 51.8 cm³/mol. The van der Waals surface area contributed by atoms with Crippen molar-refractivity contribution < 1.29 is 6.51 Å². The molecule has 14 heavy (non-hydrogen) atoms. The van der Waals surface area contributed by atoms with Gasteiger partial charge in [0, 0.05) is 0 Å². The quantitative estimate of drug-likeness (QED) is 0.477. The first-order valence-corrected chi connectivity index (χ1v) is 13.1. The number of hydrogen-bond acceptors (Lipinski definition) is 0. The average Bonchev–Trinajstić information content (AvgIpc) is 3.13. The summed E-state index contributed by atoms with van der Waals surface area (Å²) in [6, 6.07) is 0. The normalized spacial score (nSPS) is 145. The Morgan fingerprint density at radius 2 is 1.36 bits per heavy atom. The summed E-state index contributed by atoms with van der Waals surface area (Å²) < 4.78 is 0.959. The standard InChI is InChI=1S/C7H8Cl.C5H5.Fe/c1-6(8)7-4-2-3-5-7;1-2-4-5-3-1;/h2-6H,1H3;1-5H;. The SMILES string of the molecule is CC(Cl)[C]12[CH]3[CH]4[CH]5[CH]1[Fe]45321678[CH]2[CH]1[CH]6[CH]7[CH]28. The molecule has 5 unspecified atom stereocenters. The first kappa shape index (κ1) is 4.98. The van der Waals surface area contributed by atoms with E-state index < -0.39 is 6.51 Å². The van der Waals surface area contributed by atoms with Crippen LogP contribution in [0.25, 0.3) is 0 Å². The van der Waals surface area contributed by atoms with Crippen molar-refractivity contribution in [1.82, 2.24) is 0 Å². The molecular weight excluding hydrogens is 235 g/mol. The van der Waals surface area contributed by atoms with Crippen molar-refractivity contribution in [2.24, 2.45) is 0 Å². The van der Waals surface area contributed by atoms with Gasteiger partial charge in [0.15, 0.2) is 0 Å². The zero-order chi connectivity index (χ0) is 8.59. The zero-order valence-corrected chi connectivity index (χ0v) is 9.87. The van der Waals surface area contributed by atoms with Crippen LogP contribution >= 0.6 is 11.6 Å². The summed E-state index contributed by atoms with van der Waals surface area (Å²) in [6.07, 6.45) is 0. The van der Waals surface area contributed by atoms with Crippen LogP contribution in [0.1, 0.15) is 6.92 Å². The Hall–Kier alpha value is 0.809. The molecule has 5 atom stereocenters. The monoisotopic (exact) mass is 248 g/mol. The van der Waals surface area contributed by atoms with E-state index in [-0.39, 0.29) is 0 Å². The fourth-order valence-corrected chi connectivity index (χ4v) is 95.0. The first-order chi connectivity index (χ1) is 6.49. The summed E-state index contributed by atoms with van der Waals surface area (Å²) >= 11 is 6.72. The van der Waals surface area contributed by atoms with E-state index in [4.69, 9.17) is 11.6 Å². The van der Waals surface area contributed by atoms with Gasteiger partial charge >= 0.3 is 78.1 Å². The summed E-state index contributed by atoms with van der Waals surface area (Å²) in [5.41, 5.74) is 0. The summed E-state index contributed by atoms with van der Waals surface area (Å²) in [5, 5.41) is 0.608. The van der Waals surface area contributed by atoms with Crippen molar-refractivity contribution in [1.29, 1.82) is 0 Å². The van der Waals surface area contributed by atoms with E-state index in [0.29, 0.717) is 5.38 Å². The molecule has 0 radical (unpaired) electrons. The van der Waals surface area contributed by atoms with E-state index >= 15 is 0 Å². The number of hydrogen-bond donors (Lipinski definition) is 0. The summed E-state index contributed by atoms with van der Waals surface area (Å²) in [5.74, 6) is 0. The van der Waals surface area contributed by atoms with E-state index in [9.17, 15) is 0 Å². The third-order valence-electron chi connectivity index (χ3n) is 15.4. The van der Waals surface area contributed by atoms with Crippen molar-refractivity contribution >= 4 is 11.6 Å². The van der Waals surface area contributed by atoms with Crippen LogP contribution in [-0.4, -0.2) is 5.38 Å². The molecule has 10 saturated heterocycles. The van der Waals surface area contributed by atoms with Gasteiger partial charge < -0.3 is 0 Å². The molecular formula is C12H13ClFe. The van der Waals surface area contributed by atoms with Crippen LogP contribution < -0.4 is 0 Å². The van der Waals surface area contributed by atoms with Crippen LogP contribution in [0, 0.1) is 0 Å². The van der Waals surface area contributed by atoms with Crippen LogP contribution in [-0.2, 0) is 6.51 Å². The number of alkyl halides is 1. The Kier molecular flexibility index (Phi) is 0.120. The molecule has 10 rings (SSSR count). The Bertz CT molecular complexity index is 800. The third kappa shape index (κ3) is 0.0370. The van der Waals surface area contributed by atoms with Gasteiger partial charge in [0.25, 0.3) is 0 Å². The minimum atomic E-state index is -2.72. The molecule has 10 fully saturated rings. The van der Waals surface area contributed by atoms with E-state index in [1.165, 1.54) is 43.3 Å². The second kappa shape index (κ2) is 0.339. The summed E-state index contributed by atoms with van der Waals surface area (Å²) in [7, 11) is 0. The molecule has 10 aliphatic heterocycles. The van der Waals surface area contributed by atoms with Gasteiger partial charge in [-0.1, -0.05) is 0 Å². The fraction of sp³-hybridized carbons (Fsp3) is 1.00. The number of halogens is 1. The molecule has 10 heterocycles. The van der Waals surface area contributed by atoms with Gasteiger partial charge in [-0.25, -0.2) is 0 Å². The number of fused-ring (bicyclic) bond motifs is 10. The second-order valence-corrected chi connectivity index (χ2v) is 34.6. The second-order valence-electron chi connectivity index (χ2n) is 10.4. The molecule has 76 valence electrons. The van der Waals surface area contributed by atoms with Gasteiger partial charge in [-0.3, -0.25) is 0 Å². The topological polar surface area (TPSA) is 0 Å². The molecule has 0 nitrogen and oxygen atoms in total. The molecule has 0 aromatic rings. The van der Waals surface area contributed by atoms with E-state index in [0.717, 1.165) is 4.31 Å². The van der Waals surface area contributed by atoms with Gasteiger partial charge in [0.2, 0.25) is 0 Å². The molecule has 0 N–H and O–H groups in total. The van der Waals surface area contributed by atoms with Crippen LogP contribution in [0.3, 0.4) is 0 Å². The molecule has 0 aromatic heterocycles. The third-order valence-corrected chi connectivity index (χ3v) is 58.7. The van der Waals surface area contributed by atoms with Crippen molar-refractivity contribution in [3.05, 3.63) is 0 Å². The Labute approximate surface area is 78.0 Å². The van der Waals surface area contributed by atoms with E-state index in [1.54, 1.807) is 0 Å². The first-order valence-electron chi connectivity index (χ1n) is 6.34. The van der Waals surface area contributed by atoms with Gasteiger partial charge in [-0.15, -0.1) is 0 Å². The summed E-state index contributed by atoms with van der Waals surface area (Å²) in [4.78, 5) is 13.0. The Morgan fingerprint density at radius 1 is 0.929 bits per heavy atom. The Morgan fingerprint density at radius 3 is 1.43 bits per heavy atom. The van der Waals surface area contributed by atoms with Crippen molar-refractivity contribution in [2.75, 3.05) is 0 Å². The molecule has 0 aromatic carbocycles. The van der Waals surface area contributed by atoms with Crippen LogP contribution in [0.5, 0.6) is 0 Å². The number of rotatable bonds is 1. The van der Waals surface area contributed by atoms with Crippen LogP contribution in [0.2, 0.25) is 47.7 Å². The van der Waals surface area contributed by atoms with Gasteiger partial charge in [-0.05, 0) is 0 Å². The molecule has 0 saturated carbocycles. The maximum atomic E-state index is 6.72. The summed E-state index contributed by atoms with van der Waals surface area (Å²) in [6.45, 7) is -0.330. The van der Waals surface area contributed by atoms with Crippen molar-refractivity contribution in [2.45, 2.75) is 60.0 Å². The minimum absolute atomic E-state index is 0.608. The van der Waals surface area contributed by atoms with Gasteiger partial charge in [-0.2, -0.15) is 0 Å². The maximum absolute atomic E-state index is 6.72.